The van der Waals surface area contributed by atoms with E-state index in [2.05, 4.69) is 23.8 Å². The van der Waals surface area contributed by atoms with Crippen molar-refractivity contribution < 1.29 is 13.5 Å². The number of hydrogen-bond donors (Lipinski definition) is 2. The summed E-state index contributed by atoms with van der Waals surface area (Å²) >= 11 is 6.02. The highest BCUT2D eigenvalue weighted by molar-refractivity contribution is 6.36. The molecule has 0 spiro atoms. The van der Waals surface area contributed by atoms with Crippen LogP contribution in [0.5, 0.6) is 5.88 Å². The minimum Gasteiger partial charge on any atom is -0.471 e. The minimum atomic E-state index is -2.54. The van der Waals surface area contributed by atoms with Crippen LogP contribution in [0.1, 0.15) is 43.9 Å². The lowest BCUT2D eigenvalue weighted by atomic mass is 10.1. The van der Waals surface area contributed by atoms with Crippen molar-refractivity contribution in [1.82, 2.24) is 10.3 Å². The number of allylic oxidation sites excluding steroid dienone is 4. The van der Waals surface area contributed by atoms with Gasteiger partial charge in [-0.2, -0.15) is 0 Å². The van der Waals surface area contributed by atoms with Crippen LogP contribution >= 0.6 is 11.6 Å². The summed E-state index contributed by atoms with van der Waals surface area (Å²) in [6, 6.07) is 1.68. The first-order valence-corrected chi connectivity index (χ1v) is 9.08. The van der Waals surface area contributed by atoms with Crippen LogP contribution in [-0.4, -0.2) is 23.7 Å². The number of halogens is 3. The predicted molar refractivity (Wildman–Crippen MR) is 107 cm³/mol. The van der Waals surface area contributed by atoms with Gasteiger partial charge in [-0.25, -0.2) is 13.8 Å². The summed E-state index contributed by atoms with van der Waals surface area (Å²) in [5.41, 5.74) is 2.29. The molecule has 0 aliphatic carbocycles. The summed E-state index contributed by atoms with van der Waals surface area (Å²) in [7, 11) is 0. The molecule has 1 aromatic heterocycles. The van der Waals surface area contributed by atoms with Crippen LogP contribution in [0, 0.1) is 12.3 Å². The zero-order valence-electron chi connectivity index (χ0n) is 15.9. The van der Waals surface area contributed by atoms with Crippen LogP contribution in [0.15, 0.2) is 47.8 Å². The molecule has 0 saturated heterocycles. The van der Waals surface area contributed by atoms with E-state index in [1.807, 2.05) is 19.1 Å². The summed E-state index contributed by atoms with van der Waals surface area (Å²) in [5.74, 6) is 0.194. The summed E-state index contributed by atoms with van der Waals surface area (Å²) in [6.45, 7) is 8.75. The van der Waals surface area contributed by atoms with E-state index in [9.17, 15) is 8.78 Å². The largest absolute Gasteiger partial charge is 0.471 e. The van der Waals surface area contributed by atoms with Crippen LogP contribution < -0.4 is 10.1 Å². The van der Waals surface area contributed by atoms with Gasteiger partial charge in [0.15, 0.2) is 6.61 Å². The average Bonchev–Trinajstić information content (AvgIpc) is 2.60. The Bertz CT molecular complexity index is 717. The molecular formula is C20H26ClF2N3O. The number of aryl methyl sites for hydroxylation is 1. The van der Waals surface area contributed by atoms with E-state index in [1.165, 1.54) is 0 Å². The number of nitrogens with one attached hydrogen (secondary N) is 2. The molecule has 1 atom stereocenters. The SMILES string of the molecule is C=C(Cl)/C(=C/NC(C)c1cnc(OCC(F)F)c(C)c1)C(=N)/C=C\CCC. The fourth-order valence-corrected chi connectivity index (χ4v) is 2.33. The predicted octanol–water partition coefficient (Wildman–Crippen LogP) is 5.70. The first-order valence-electron chi connectivity index (χ1n) is 8.70. The highest BCUT2D eigenvalue weighted by atomic mass is 35.5. The molecule has 1 unspecified atom stereocenters. The minimum absolute atomic E-state index is 0.140. The normalized spacial score (nSPS) is 13.1. The fraction of sp³-hybridized carbons (Fsp3) is 0.400. The van der Waals surface area contributed by atoms with Gasteiger partial charge in [0.1, 0.15) is 0 Å². The van der Waals surface area contributed by atoms with Crippen molar-refractivity contribution in [2.24, 2.45) is 0 Å². The van der Waals surface area contributed by atoms with Crippen molar-refractivity contribution in [3.8, 4) is 5.88 Å². The van der Waals surface area contributed by atoms with Crippen LogP contribution in [-0.2, 0) is 0 Å². The van der Waals surface area contributed by atoms with Gasteiger partial charge in [-0.05, 0) is 38.0 Å². The molecular weight excluding hydrogens is 372 g/mol. The Morgan fingerprint density at radius 2 is 2.19 bits per heavy atom. The molecule has 7 heteroatoms. The average molecular weight is 398 g/mol. The smallest absolute Gasteiger partial charge is 0.272 e. The van der Waals surface area contributed by atoms with E-state index in [4.69, 9.17) is 21.7 Å². The number of hydrogen-bond acceptors (Lipinski definition) is 4. The third-order valence-corrected chi connectivity index (χ3v) is 3.90. The fourth-order valence-electron chi connectivity index (χ4n) is 2.18. The standard InChI is InChI=1S/C20H26ClF2N3O/c1-5-6-7-8-18(24)17(14(3)21)11-25-15(4)16-9-13(2)20(26-10-16)27-12-19(22)23/h7-11,15,19,24-25H,3,5-6,12H2,1-2,4H3/b8-7-,17-11-,24-18?. The molecule has 0 amide bonds. The molecule has 0 fully saturated rings. The lowest BCUT2D eigenvalue weighted by molar-refractivity contribution is 0.0792. The molecule has 0 aliphatic heterocycles. The van der Waals surface area contributed by atoms with Crippen molar-refractivity contribution in [2.45, 2.75) is 46.1 Å². The Labute approximate surface area is 164 Å². The van der Waals surface area contributed by atoms with Gasteiger partial charge in [-0.15, -0.1) is 0 Å². The second-order valence-electron chi connectivity index (χ2n) is 6.05. The van der Waals surface area contributed by atoms with Crippen molar-refractivity contribution >= 4 is 17.3 Å². The molecule has 0 bridgehead atoms. The highest BCUT2D eigenvalue weighted by Crippen LogP contribution is 2.21. The number of pyridine rings is 1. The van der Waals surface area contributed by atoms with Gasteiger partial charge >= 0.3 is 0 Å². The molecule has 4 nitrogen and oxygen atoms in total. The number of nitrogens with zero attached hydrogens (tertiary/aromatic N) is 1. The van der Waals surface area contributed by atoms with Crippen LogP contribution in [0.4, 0.5) is 8.78 Å². The quantitative estimate of drug-likeness (QED) is 0.372. The van der Waals surface area contributed by atoms with Gasteiger partial charge < -0.3 is 15.5 Å². The molecule has 0 radical (unpaired) electrons. The number of unbranched alkanes of at least 4 members (excludes halogenated alkanes) is 1. The van der Waals surface area contributed by atoms with Gasteiger partial charge in [-0.3, -0.25) is 0 Å². The molecule has 1 aromatic rings. The summed E-state index contributed by atoms with van der Waals surface area (Å²) < 4.78 is 29.5. The lowest BCUT2D eigenvalue weighted by Gasteiger charge is -2.16. The summed E-state index contributed by atoms with van der Waals surface area (Å²) in [6.07, 6.45) is 6.19. The third-order valence-electron chi connectivity index (χ3n) is 3.70. The van der Waals surface area contributed by atoms with Gasteiger partial charge in [0.25, 0.3) is 6.43 Å². The van der Waals surface area contributed by atoms with E-state index in [0.717, 1.165) is 18.4 Å². The summed E-state index contributed by atoms with van der Waals surface area (Å²) in [4.78, 5) is 4.11. The van der Waals surface area contributed by atoms with E-state index in [0.29, 0.717) is 11.1 Å². The monoisotopic (exact) mass is 397 g/mol. The maximum atomic E-state index is 12.3. The molecule has 1 rings (SSSR count). The van der Waals surface area contributed by atoms with Crippen molar-refractivity contribution in [2.75, 3.05) is 6.61 Å². The molecule has 27 heavy (non-hydrogen) atoms. The van der Waals surface area contributed by atoms with E-state index >= 15 is 0 Å². The number of ether oxygens (including phenoxy) is 1. The zero-order chi connectivity index (χ0) is 20.4. The molecule has 0 aliphatic rings. The maximum Gasteiger partial charge on any atom is 0.272 e. The molecule has 1 heterocycles. The van der Waals surface area contributed by atoms with Gasteiger partial charge in [0.2, 0.25) is 5.88 Å². The van der Waals surface area contributed by atoms with Crippen molar-refractivity contribution in [3.63, 3.8) is 0 Å². The van der Waals surface area contributed by atoms with E-state index in [1.54, 1.807) is 25.4 Å². The lowest BCUT2D eigenvalue weighted by Crippen LogP contribution is -2.15. The molecule has 148 valence electrons. The van der Waals surface area contributed by atoms with Gasteiger partial charge in [-0.1, -0.05) is 37.6 Å². The topological polar surface area (TPSA) is 58.0 Å². The highest BCUT2D eigenvalue weighted by Gasteiger charge is 2.11. The second kappa shape index (κ2) is 11.5. The number of aromatic nitrogens is 1. The molecule has 0 aromatic carbocycles. The number of alkyl halides is 2. The Balaban J connectivity index is 2.84. The maximum absolute atomic E-state index is 12.3. The zero-order valence-corrected chi connectivity index (χ0v) is 16.6. The molecule has 2 N–H and O–H groups in total. The van der Waals surface area contributed by atoms with E-state index in [-0.39, 0.29) is 22.7 Å². The first-order chi connectivity index (χ1) is 12.8. The third kappa shape index (κ3) is 7.91. The second-order valence-corrected chi connectivity index (χ2v) is 6.51. The Hall–Kier alpha value is -2.21. The van der Waals surface area contributed by atoms with Gasteiger partial charge in [0.05, 0.1) is 5.71 Å². The Kier molecular flexibility index (Phi) is 9.72. The van der Waals surface area contributed by atoms with Crippen LogP contribution in [0.3, 0.4) is 0 Å². The number of rotatable bonds is 11. The first kappa shape index (κ1) is 22.8. The van der Waals surface area contributed by atoms with E-state index < -0.39 is 13.0 Å². The van der Waals surface area contributed by atoms with Gasteiger partial charge in [0, 0.05) is 34.6 Å². The Morgan fingerprint density at radius 3 is 2.74 bits per heavy atom. The van der Waals surface area contributed by atoms with Crippen LogP contribution in [0.25, 0.3) is 0 Å². The van der Waals surface area contributed by atoms with Crippen LogP contribution in [0.2, 0.25) is 0 Å². The van der Waals surface area contributed by atoms with Crippen molar-refractivity contribution in [3.05, 3.63) is 58.9 Å². The van der Waals surface area contributed by atoms with Crippen molar-refractivity contribution in [1.29, 1.82) is 5.41 Å². The molecule has 0 saturated carbocycles. The summed E-state index contributed by atoms with van der Waals surface area (Å²) in [5, 5.41) is 11.6. The Morgan fingerprint density at radius 1 is 1.48 bits per heavy atom.